The Morgan fingerprint density at radius 2 is 1.69 bits per heavy atom. The zero-order chi connectivity index (χ0) is 20.8. The number of carbonyl (C=O) groups excluding carboxylic acids is 2. The van der Waals surface area contributed by atoms with Gasteiger partial charge in [-0.25, -0.2) is 0 Å². The summed E-state index contributed by atoms with van der Waals surface area (Å²) in [5, 5.41) is 3.50. The van der Waals surface area contributed by atoms with E-state index < -0.39 is 0 Å². The van der Waals surface area contributed by atoms with E-state index in [0.717, 1.165) is 15.4 Å². The lowest BCUT2D eigenvalue weighted by Gasteiger charge is -2.19. The molecule has 0 heterocycles. The molecule has 0 saturated carbocycles. The first-order valence-electron chi connectivity index (χ1n) is 9.07. The molecule has 0 unspecified atom stereocenters. The highest BCUT2D eigenvalue weighted by Gasteiger charge is 2.15. The van der Waals surface area contributed by atoms with E-state index in [1.165, 1.54) is 18.7 Å². The standard InChI is InChI=1S/C23H21ClN2O2S/c1-16(27)25-21-14-18(23(28)26(2)15-17-6-4-3-5-7-17)8-13-22(21)29-20-11-9-19(24)10-12-20/h3-14H,15H2,1-2H3,(H,25,27). The van der Waals surface area contributed by atoms with Crippen LogP contribution in [0.2, 0.25) is 5.02 Å². The van der Waals surface area contributed by atoms with Crippen LogP contribution in [0.3, 0.4) is 0 Å². The fourth-order valence-corrected chi connectivity index (χ4v) is 3.83. The van der Waals surface area contributed by atoms with Crippen molar-refractivity contribution in [3.05, 3.63) is 88.9 Å². The van der Waals surface area contributed by atoms with Crippen molar-refractivity contribution in [2.45, 2.75) is 23.3 Å². The van der Waals surface area contributed by atoms with E-state index in [2.05, 4.69) is 5.32 Å². The van der Waals surface area contributed by atoms with Crippen molar-refractivity contribution in [3.63, 3.8) is 0 Å². The molecule has 0 fully saturated rings. The topological polar surface area (TPSA) is 49.4 Å². The molecular weight excluding hydrogens is 404 g/mol. The van der Waals surface area contributed by atoms with Crippen LogP contribution in [0.15, 0.2) is 82.6 Å². The van der Waals surface area contributed by atoms with E-state index in [4.69, 9.17) is 11.6 Å². The van der Waals surface area contributed by atoms with E-state index in [1.807, 2.05) is 60.7 Å². The third-order valence-corrected chi connectivity index (χ3v) is 5.52. The molecule has 0 aliphatic rings. The number of amides is 2. The number of benzene rings is 3. The molecule has 0 aromatic heterocycles. The van der Waals surface area contributed by atoms with Gasteiger partial charge in [-0.3, -0.25) is 9.59 Å². The van der Waals surface area contributed by atoms with Gasteiger partial charge in [0.15, 0.2) is 0 Å². The van der Waals surface area contributed by atoms with Crippen molar-refractivity contribution in [3.8, 4) is 0 Å². The monoisotopic (exact) mass is 424 g/mol. The van der Waals surface area contributed by atoms with Crippen molar-refractivity contribution >= 4 is 40.9 Å². The molecule has 0 spiro atoms. The highest BCUT2D eigenvalue weighted by atomic mass is 35.5. The Balaban J connectivity index is 1.83. The first-order chi connectivity index (χ1) is 13.9. The van der Waals surface area contributed by atoms with E-state index in [1.54, 1.807) is 24.1 Å². The van der Waals surface area contributed by atoms with Crippen LogP contribution >= 0.6 is 23.4 Å². The number of nitrogens with zero attached hydrogens (tertiary/aromatic N) is 1. The van der Waals surface area contributed by atoms with E-state index >= 15 is 0 Å². The largest absolute Gasteiger partial charge is 0.337 e. The molecule has 148 valence electrons. The van der Waals surface area contributed by atoms with Crippen LogP contribution in [-0.4, -0.2) is 23.8 Å². The molecular formula is C23H21ClN2O2S. The predicted octanol–water partition coefficient (Wildman–Crippen LogP) is 5.72. The van der Waals surface area contributed by atoms with Crippen molar-refractivity contribution in [1.29, 1.82) is 0 Å². The molecule has 3 aromatic rings. The first-order valence-corrected chi connectivity index (χ1v) is 10.3. The van der Waals surface area contributed by atoms with E-state index in [-0.39, 0.29) is 11.8 Å². The summed E-state index contributed by atoms with van der Waals surface area (Å²) in [5.74, 6) is -0.298. The normalized spacial score (nSPS) is 10.4. The number of rotatable bonds is 6. The lowest BCUT2D eigenvalue weighted by Crippen LogP contribution is -2.26. The summed E-state index contributed by atoms with van der Waals surface area (Å²) in [6.07, 6.45) is 0. The zero-order valence-electron chi connectivity index (χ0n) is 16.2. The second-order valence-corrected chi connectivity index (χ2v) is 8.15. The minimum absolute atomic E-state index is 0.108. The van der Waals surface area contributed by atoms with Crippen molar-refractivity contribution in [2.24, 2.45) is 0 Å². The SMILES string of the molecule is CC(=O)Nc1cc(C(=O)N(C)Cc2ccccc2)ccc1Sc1ccc(Cl)cc1. The molecule has 0 saturated heterocycles. The van der Waals surface area contributed by atoms with E-state index in [0.29, 0.717) is 22.8 Å². The lowest BCUT2D eigenvalue weighted by molar-refractivity contribution is -0.114. The minimum atomic E-state index is -0.190. The molecule has 0 radical (unpaired) electrons. The third kappa shape index (κ3) is 5.86. The molecule has 0 aliphatic carbocycles. The maximum absolute atomic E-state index is 12.9. The van der Waals surface area contributed by atoms with Crippen LogP contribution in [-0.2, 0) is 11.3 Å². The average molecular weight is 425 g/mol. The fraction of sp³-hybridized carbons (Fsp3) is 0.130. The second kappa shape index (κ2) is 9.63. The molecule has 3 aromatic carbocycles. The molecule has 2 amide bonds. The van der Waals surface area contributed by atoms with Crippen LogP contribution < -0.4 is 5.32 Å². The molecule has 6 heteroatoms. The van der Waals surface area contributed by atoms with Crippen molar-refractivity contribution in [1.82, 2.24) is 4.90 Å². The highest BCUT2D eigenvalue weighted by Crippen LogP contribution is 2.35. The van der Waals surface area contributed by atoms with Gasteiger partial charge in [0.2, 0.25) is 5.91 Å². The van der Waals surface area contributed by atoms with Gasteiger partial charge in [-0.2, -0.15) is 0 Å². The van der Waals surface area contributed by atoms with Gasteiger partial charge in [0.1, 0.15) is 0 Å². The lowest BCUT2D eigenvalue weighted by atomic mass is 10.1. The van der Waals surface area contributed by atoms with Gasteiger partial charge < -0.3 is 10.2 Å². The summed E-state index contributed by atoms with van der Waals surface area (Å²) in [4.78, 5) is 28.1. The van der Waals surface area contributed by atoms with Gasteiger partial charge >= 0.3 is 0 Å². The van der Waals surface area contributed by atoms with Crippen LogP contribution in [0.4, 0.5) is 5.69 Å². The highest BCUT2D eigenvalue weighted by molar-refractivity contribution is 7.99. The summed E-state index contributed by atoms with van der Waals surface area (Å²) in [6.45, 7) is 1.96. The van der Waals surface area contributed by atoms with Crippen LogP contribution in [0.1, 0.15) is 22.8 Å². The Labute approximate surface area is 179 Å². The summed E-state index contributed by atoms with van der Waals surface area (Å²) in [5.41, 5.74) is 2.18. The molecule has 1 N–H and O–H groups in total. The van der Waals surface area contributed by atoms with Crippen LogP contribution in [0.25, 0.3) is 0 Å². The summed E-state index contributed by atoms with van der Waals surface area (Å²) >= 11 is 7.45. The minimum Gasteiger partial charge on any atom is -0.337 e. The quantitative estimate of drug-likeness (QED) is 0.550. The summed E-state index contributed by atoms with van der Waals surface area (Å²) in [7, 11) is 1.77. The van der Waals surface area contributed by atoms with Crippen molar-refractivity contribution < 1.29 is 9.59 Å². The van der Waals surface area contributed by atoms with Gasteiger partial charge in [-0.05, 0) is 48.0 Å². The van der Waals surface area contributed by atoms with Gasteiger partial charge in [0, 0.05) is 40.9 Å². The van der Waals surface area contributed by atoms with E-state index in [9.17, 15) is 9.59 Å². The number of halogens is 1. The zero-order valence-corrected chi connectivity index (χ0v) is 17.8. The molecule has 29 heavy (non-hydrogen) atoms. The van der Waals surface area contributed by atoms with Crippen LogP contribution in [0, 0.1) is 0 Å². The Hall–Kier alpha value is -2.76. The smallest absolute Gasteiger partial charge is 0.253 e. The summed E-state index contributed by atoms with van der Waals surface area (Å²) in [6, 6.07) is 22.6. The molecule has 4 nitrogen and oxygen atoms in total. The number of carbonyl (C=O) groups is 2. The third-order valence-electron chi connectivity index (χ3n) is 4.19. The number of nitrogens with one attached hydrogen (secondary N) is 1. The molecule has 0 atom stereocenters. The number of anilines is 1. The summed E-state index contributed by atoms with van der Waals surface area (Å²) < 4.78 is 0. The van der Waals surface area contributed by atoms with Gasteiger partial charge in [-0.1, -0.05) is 53.7 Å². The molecule has 0 aliphatic heterocycles. The average Bonchev–Trinajstić information content (AvgIpc) is 2.70. The van der Waals surface area contributed by atoms with Gasteiger partial charge in [-0.15, -0.1) is 0 Å². The maximum atomic E-state index is 12.9. The molecule has 3 rings (SSSR count). The van der Waals surface area contributed by atoms with Gasteiger partial charge in [0.25, 0.3) is 5.91 Å². The van der Waals surface area contributed by atoms with Gasteiger partial charge in [0.05, 0.1) is 5.69 Å². The Kier molecular flexibility index (Phi) is 6.96. The first kappa shape index (κ1) is 21.0. The number of hydrogen-bond donors (Lipinski definition) is 1. The van der Waals surface area contributed by atoms with Crippen LogP contribution in [0.5, 0.6) is 0 Å². The fourth-order valence-electron chi connectivity index (χ4n) is 2.82. The van der Waals surface area contributed by atoms with Crippen molar-refractivity contribution in [2.75, 3.05) is 12.4 Å². The number of hydrogen-bond acceptors (Lipinski definition) is 3. The maximum Gasteiger partial charge on any atom is 0.253 e. The Bertz CT molecular complexity index is 1010. The Morgan fingerprint density at radius 1 is 1.00 bits per heavy atom. The predicted molar refractivity (Wildman–Crippen MR) is 119 cm³/mol. The molecule has 0 bridgehead atoms. The second-order valence-electron chi connectivity index (χ2n) is 6.59. The Morgan fingerprint density at radius 3 is 2.34 bits per heavy atom.